The van der Waals surface area contributed by atoms with Crippen LogP contribution in [0.3, 0.4) is 0 Å². The molecule has 9 heteroatoms. The van der Waals surface area contributed by atoms with Crippen LogP contribution in [-0.4, -0.2) is 72.3 Å². The largest absolute Gasteiger partial charge is 0.444 e. The number of amides is 2. The highest BCUT2D eigenvalue weighted by Crippen LogP contribution is 2.11. The molecule has 0 bridgehead atoms. The Morgan fingerprint density at radius 2 is 1.73 bits per heavy atom. The summed E-state index contributed by atoms with van der Waals surface area (Å²) in [6, 6.07) is 0. The summed E-state index contributed by atoms with van der Waals surface area (Å²) in [5, 5.41) is 3.04. The van der Waals surface area contributed by atoms with Crippen LogP contribution in [0.4, 0.5) is 4.79 Å². The molecule has 0 aromatic carbocycles. The van der Waals surface area contributed by atoms with Gasteiger partial charge in [-0.15, -0.1) is 0 Å². The molecule has 1 aliphatic heterocycles. The number of ether oxygens (including phenoxy) is 1. The minimum atomic E-state index is -0.495. The molecular formula is C13H25N5O3S. The Kier molecular flexibility index (Phi) is 6.82. The zero-order chi connectivity index (χ0) is 16.8. The quantitative estimate of drug-likeness (QED) is 0.472. The third-order valence-corrected chi connectivity index (χ3v) is 3.24. The van der Waals surface area contributed by atoms with Crippen molar-refractivity contribution in [2.75, 3.05) is 39.8 Å². The fourth-order valence-electron chi connectivity index (χ4n) is 1.85. The van der Waals surface area contributed by atoms with Crippen molar-refractivity contribution in [2.24, 2.45) is 0 Å². The number of nitrogens with zero attached hydrogens (tertiary/aromatic N) is 2. The number of rotatable bonds is 2. The molecule has 0 aromatic rings. The zero-order valence-electron chi connectivity index (χ0n) is 13.6. The Balaban J connectivity index is 2.29. The molecule has 0 aliphatic carbocycles. The van der Waals surface area contributed by atoms with E-state index in [0.29, 0.717) is 31.3 Å². The molecule has 1 heterocycles. The lowest BCUT2D eigenvalue weighted by Gasteiger charge is -2.35. The molecule has 0 atom stereocenters. The van der Waals surface area contributed by atoms with Gasteiger partial charge >= 0.3 is 6.09 Å². The maximum absolute atomic E-state index is 11.9. The summed E-state index contributed by atoms with van der Waals surface area (Å²) in [7, 11) is 1.66. The van der Waals surface area contributed by atoms with Crippen LogP contribution < -0.4 is 16.2 Å². The monoisotopic (exact) mass is 331 g/mol. The molecule has 0 spiro atoms. The number of nitrogens with one attached hydrogen (secondary N) is 3. The van der Waals surface area contributed by atoms with Crippen molar-refractivity contribution < 1.29 is 14.3 Å². The number of carbonyl (C=O) groups is 2. The van der Waals surface area contributed by atoms with Gasteiger partial charge in [-0.25, -0.2) is 4.79 Å². The number of hydrogen-bond acceptors (Lipinski definition) is 5. The molecule has 22 heavy (non-hydrogen) atoms. The van der Waals surface area contributed by atoms with Crippen molar-refractivity contribution in [1.82, 2.24) is 26.0 Å². The van der Waals surface area contributed by atoms with Crippen molar-refractivity contribution >= 4 is 29.3 Å². The summed E-state index contributed by atoms with van der Waals surface area (Å²) < 4.78 is 5.33. The van der Waals surface area contributed by atoms with E-state index in [9.17, 15) is 9.59 Å². The summed E-state index contributed by atoms with van der Waals surface area (Å²) in [6.45, 7) is 8.12. The molecule has 0 aromatic heterocycles. The standard InChI is InChI=1S/C13H25N5O3S/c1-13(2,3)21-12(20)18-7-5-17(6-8-18)9-10(19)15-16-11(22)14-4/h5-9H2,1-4H3,(H,15,19)(H2,14,16,22). The summed E-state index contributed by atoms with van der Waals surface area (Å²) in [4.78, 5) is 27.3. The Morgan fingerprint density at radius 3 is 2.23 bits per heavy atom. The minimum Gasteiger partial charge on any atom is -0.444 e. The van der Waals surface area contributed by atoms with Crippen molar-refractivity contribution in [1.29, 1.82) is 0 Å². The van der Waals surface area contributed by atoms with E-state index in [2.05, 4.69) is 16.2 Å². The first-order chi connectivity index (χ1) is 10.2. The summed E-state index contributed by atoms with van der Waals surface area (Å²) in [6.07, 6.45) is -0.308. The lowest BCUT2D eigenvalue weighted by molar-refractivity contribution is -0.123. The highest BCUT2D eigenvalue weighted by atomic mass is 32.1. The second kappa shape index (κ2) is 8.14. The van der Waals surface area contributed by atoms with Gasteiger partial charge < -0.3 is 15.0 Å². The molecule has 0 unspecified atom stereocenters. The molecule has 0 radical (unpaired) electrons. The Bertz CT molecular complexity index is 416. The topological polar surface area (TPSA) is 85.9 Å². The molecule has 1 fully saturated rings. The number of thiocarbonyl (C=S) groups is 1. The Labute approximate surface area is 136 Å². The van der Waals surface area contributed by atoms with Crippen LogP contribution in [0.1, 0.15) is 20.8 Å². The van der Waals surface area contributed by atoms with Crippen molar-refractivity contribution in [3.05, 3.63) is 0 Å². The van der Waals surface area contributed by atoms with Gasteiger partial charge in [0.1, 0.15) is 5.60 Å². The van der Waals surface area contributed by atoms with Crippen LogP contribution in [0.5, 0.6) is 0 Å². The van der Waals surface area contributed by atoms with Crippen molar-refractivity contribution in [3.8, 4) is 0 Å². The fourth-order valence-corrected chi connectivity index (χ4v) is 1.90. The smallest absolute Gasteiger partial charge is 0.410 e. The Morgan fingerprint density at radius 1 is 1.14 bits per heavy atom. The first kappa shape index (κ1) is 18.4. The number of carbonyl (C=O) groups excluding carboxylic acids is 2. The van der Waals surface area contributed by atoms with Crippen LogP contribution in [0.15, 0.2) is 0 Å². The highest BCUT2D eigenvalue weighted by Gasteiger charge is 2.26. The molecule has 0 saturated carbocycles. The van der Waals surface area contributed by atoms with E-state index < -0.39 is 5.60 Å². The molecule has 1 rings (SSSR count). The van der Waals surface area contributed by atoms with Crippen LogP contribution in [-0.2, 0) is 9.53 Å². The summed E-state index contributed by atoms with van der Waals surface area (Å²) >= 11 is 4.86. The molecular weight excluding hydrogens is 306 g/mol. The van der Waals surface area contributed by atoms with Gasteiger partial charge in [0.15, 0.2) is 5.11 Å². The molecule has 3 N–H and O–H groups in total. The molecule has 126 valence electrons. The number of hydrazine groups is 1. The zero-order valence-corrected chi connectivity index (χ0v) is 14.4. The van der Waals surface area contributed by atoms with Gasteiger partial charge in [0.2, 0.25) is 0 Å². The van der Waals surface area contributed by atoms with Gasteiger partial charge in [-0.1, -0.05) is 0 Å². The predicted octanol–water partition coefficient (Wildman–Crippen LogP) is -0.336. The minimum absolute atomic E-state index is 0.177. The molecule has 8 nitrogen and oxygen atoms in total. The molecule has 2 amide bonds. The van der Waals surface area contributed by atoms with E-state index >= 15 is 0 Å². The second-order valence-corrected chi connectivity index (χ2v) is 6.40. The highest BCUT2D eigenvalue weighted by molar-refractivity contribution is 7.80. The van der Waals surface area contributed by atoms with Crippen LogP contribution in [0, 0.1) is 0 Å². The van der Waals surface area contributed by atoms with Gasteiger partial charge in [0.25, 0.3) is 5.91 Å². The lowest BCUT2D eigenvalue weighted by Crippen LogP contribution is -2.54. The third-order valence-electron chi connectivity index (χ3n) is 2.93. The number of piperazine rings is 1. The second-order valence-electron chi connectivity index (χ2n) is 6.00. The van der Waals surface area contributed by atoms with Crippen molar-refractivity contribution in [2.45, 2.75) is 26.4 Å². The summed E-state index contributed by atoms with van der Waals surface area (Å²) in [5.41, 5.74) is 4.60. The van der Waals surface area contributed by atoms with Crippen LogP contribution in [0.25, 0.3) is 0 Å². The van der Waals surface area contributed by atoms with E-state index in [1.807, 2.05) is 25.7 Å². The normalized spacial score (nSPS) is 15.9. The van der Waals surface area contributed by atoms with E-state index in [0.717, 1.165) is 0 Å². The fraction of sp³-hybridized carbons (Fsp3) is 0.769. The van der Waals surface area contributed by atoms with Gasteiger partial charge in [0.05, 0.1) is 6.54 Å². The SMILES string of the molecule is CNC(=S)NNC(=O)CN1CCN(C(=O)OC(C)(C)C)CC1. The van der Waals surface area contributed by atoms with E-state index in [1.54, 1.807) is 11.9 Å². The first-order valence-corrected chi connectivity index (χ1v) is 7.59. The van der Waals surface area contributed by atoms with Gasteiger partial charge in [0, 0.05) is 33.2 Å². The van der Waals surface area contributed by atoms with E-state index in [4.69, 9.17) is 17.0 Å². The van der Waals surface area contributed by atoms with Crippen LogP contribution >= 0.6 is 12.2 Å². The van der Waals surface area contributed by atoms with E-state index in [1.165, 1.54) is 0 Å². The Hall–Kier alpha value is -1.61. The lowest BCUT2D eigenvalue weighted by atomic mass is 10.2. The van der Waals surface area contributed by atoms with Crippen molar-refractivity contribution in [3.63, 3.8) is 0 Å². The average Bonchev–Trinajstić information content (AvgIpc) is 2.43. The molecule has 1 saturated heterocycles. The van der Waals surface area contributed by atoms with Gasteiger partial charge in [-0.05, 0) is 33.0 Å². The van der Waals surface area contributed by atoms with Crippen LogP contribution in [0.2, 0.25) is 0 Å². The van der Waals surface area contributed by atoms with Gasteiger partial charge in [-0.2, -0.15) is 0 Å². The number of hydrogen-bond donors (Lipinski definition) is 3. The summed E-state index contributed by atoms with van der Waals surface area (Å²) in [5.74, 6) is -0.177. The van der Waals surface area contributed by atoms with E-state index in [-0.39, 0.29) is 18.5 Å². The molecule has 1 aliphatic rings. The maximum Gasteiger partial charge on any atom is 0.410 e. The predicted molar refractivity (Wildman–Crippen MR) is 87.2 cm³/mol. The average molecular weight is 331 g/mol. The maximum atomic E-state index is 11.9. The first-order valence-electron chi connectivity index (χ1n) is 7.18. The van der Waals surface area contributed by atoms with Gasteiger partial charge in [-0.3, -0.25) is 20.5 Å². The third kappa shape index (κ3) is 6.90.